The topological polar surface area (TPSA) is 84.2 Å². The summed E-state index contributed by atoms with van der Waals surface area (Å²) in [5, 5.41) is 14.6. The van der Waals surface area contributed by atoms with Crippen molar-refractivity contribution in [3.8, 4) is 17.0 Å². The molecule has 0 aliphatic heterocycles. The SMILES string of the molecule is COc1ccc(-c2nn(CC(=O)[O-])cc2C=O)cc1. The first-order valence-electron chi connectivity index (χ1n) is 5.51. The fourth-order valence-corrected chi connectivity index (χ4v) is 1.71. The Morgan fingerprint density at radius 1 is 1.42 bits per heavy atom. The molecule has 0 saturated heterocycles. The van der Waals surface area contributed by atoms with Crippen LogP contribution in [0.2, 0.25) is 0 Å². The van der Waals surface area contributed by atoms with E-state index >= 15 is 0 Å². The Morgan fingerprint density at radius 3 is 2.63 bits per heavy atom. The fraction of sp³-hybridized carbons (Fsp3) is 0.154. The van der Waals surface area contributed by atoms with Gasteiger partial charge < -0.3 is 14.6 Å². The number of carboxylic acid groups (broad SMARTS) is 1. The standard InChI is InChI=1S/C13H12N2O4/c1-19-11-4-2-9(3-5-11)13-10(8-16)6-15(14-13)7-12(17)18/h2-6,8H,7H2,1H3,(H,17,18)/p-1. The van der Waals surface area contributed by atoms with E-state index in [1.54, 1.807) is 31.4 Å². The van der Waals surface area contributed by atoms with Gasteiger partial charge in [-0.3, -0.25) is 9.48 Å². The second-order valence-corrected chi connectivity index (χ2v) is 3.85. The quantitative estimate of drug-likeness (QED) is 0.712. The van der Waals surface area contributed by atoms with Crippen LogP contribution in [0.25, 0.3) is 11.3 Å². The van der Waals surface area contributed by atoms with E-state index in [0.29, 0.717) is 28.9 Å². The van der Waals surface area contributed by atoms with Crippen molar-refractivity contribution in [2.75, 3.05) is 7.11 Å². The smallest absolute Gasteiger partial charge is 0.153 e. The fourth-order valence-electron chi connectivity index (χ4n) is 1.71. The van der Waals surface area contributed by atoms with Gasteiger partial charge in [0.1, 0.15) is 11.4 Å². The number of aliphatic carboxylic acids is 1. The molecule has 0 amide bonds. The largest absolute Gasteiger partial charge is 0.548 e. The third-order valence-electron chi connectivity index (χ3n) is 2.57. The minimum Gasteiger partial charge on any atom is -0.548 e. The zero-order valence-electron chi connectivity index (χ0n) is 10.2. The molecule has 0 aliphatic carbocycles. The van der Waals surface area contributed by atoms with Gasteiger partial charge in [0.25, 0.3) is 0 Å². The van der Waals surface area contributed by atoms with Crippen molar-refractivity contribution < 1.29 is 19.4 Å². The molecule has 1 aromatic heterocycles. The Morgan fingerprint density at radius 2 is 2.11 bits per heavy atom. The molecule has 6 heteroatoms. The van der Waals surface area contributed by atoms with E-state index in [0.717, 1.165) is 0 Å². The number of rotatable bonds is 5. The van der Waals surface area contributed by atoms with Crippen LogP contribution in [-0.2, 0) is 11.3 Å². The van der Waals surface area contributed by atoms with Gasteiger partial charge in [0.2, 0.25) is 0 Å². The molecule has 1 heterocycles. The Hall–Kier alpha value is -2.63. The van der Waals surface area contributed by atoms with Gasteiger partial charge >= 0.3 is 0 Å². The van der Waals surface area contributed by atoms with Crippen molar-refractivity contribution in [3.05, 3.63) is 36.0 Å². The van der Waals surface area contributed by atoms with Crippen molar-refractivity contribution in [2.24, 2.45) is 0 Å². The van der Waals surface area contributed by atoms with E-state index in [9.17, 15) is 14.7 Å². The zero-order chi connectivity index (χ0) is 13.8. The second-order valence-electron chi connectivity index (χ2n) is 3.85. The first-order valence-corrected chi connectivity index (χ1v) is 5.51. The molecule has 2 aromatic rings. The monoisotopic (exact) mass is 259 g/mol. The van der Waals surface area contributed by atoms with Gasteiger partial charge in [-0.25, -0.2) is 0 Å². The highest BCUT2D eigenvalue weighted by Gasteiger charge is 2.10. The first kappa shape index (κ1) is 12.8. The number of carbonyl (C=O) groups excluding carboxylic acids is 2. The van der Waals surface area contributed by atoms with Crippen molar-refractivity contribution in [1.82, 2.24) is 9.78 Å². The van der Waals surface area contributed by atoms with Crippen molar-refractivity contribution in [2.45, 2.75) is 6.54 Å². The van der Waals surface area contributed by atoms with Crippen LogP contribution in [0.4, 0.5) is 0 Å². The summed E-state index contributed by atoms with van der Waals surface area (Å²) in [6.45, 7) is -0.392. The summed E-state index contributed by atoms with van der Waals surface area (Å²) in [4.78, 5) is 21.5. The molecule has 0 aliphatic rings. The van der Waals surface area contributed by atoms with Crippen LogP contribution in [-0.4, -0.2) is 29.1 Å². The van der Waals surface area contributed by atoms with Crippen LogP contribution in [0.1, 0.15) is 10.4 Å². The van der Waals surface area contributed by atoms with E-state index < -0.39 is 12.5 Å². The number of hydrogen-bond donors (Lipinski definition) is 0. The highest BCUT2D eigenvalue weighted by Crippen LogP contribution is 2.23. The number of ether oxygens (including phenoxy) is 1. The number of hydrogen-bond acceptors (Lipinski definition) is 5. The maximum Gasteiger partial charge on any atom is 0.153 e. The number of carbonyl (C=O) groups is 2. The van der Waals surface area contributed by atoms with E-state index in [4.69, 9.17) is 4.74 Å². The lowest BCUT2D eigenvalue weighted by molar-refractivity contribution is -0.306. The van der Waals surface area contributed by atoms with Crippen LogP contribution in [0, 0.1) is 0 Å². The third kappa shape index (κ3) is 2.79. The Labute approximate surface area is 109 Å². The van der Waals surface area contributed by atoms with Crippen LogP contribution in [0.3, 0.4) is 0 Å². The molecule has 0 saturated carbocycles. The number of benzene rings is 1. The summed E-state index contributed by atoms with van der Waals surface area (Å²) in [5.41, 5.74) is 1.46. The van der Waals surface area contributed by atoms with Gasteiger partial charge in [-0.05, 0) is 24.3 Å². The molecule has 0 N–H and O–H groups in total. The zero-order valence-corrected chi connectivity index (χ0v) is 10.2. The summed E-state index contributed by atoms with van der Waals surface area (Å²) in [6, 6.07) is 6.97. The molecular formula is C13H11N2O4-. The second kappa shape index (κ2) is 5.34. The molecular weight excluding hydrogens is 248 g/mol. The summed E-state index contributed by atoms with van der Waals surface area (Å²) in [5.74, 6) is -0.577. The van der Waals surface area contributed by atoms with Crippen molar-refractivity contribution >= 4 is 12.3 Å². The lowest BCUT2D eigenvalue weighted by Crippen LogP contribution is -2.27. The minimum absolute atomic E-state index is 0.325. The minimum atomic E-state index is -1.26. The maximum absolute atomic E-state index is 11.0. The molecule has 0 fully saturated rings. The molecule has 0 radical (unpaired) electrons. The summed E-state index contributed by atoms with van der Waals surface area (Å²) in [7, 11) is 1.56. The van der Waals surface area contributed by atoms with E-state index in [2.05, 4.69) is 5.10 Å². The maximum atomic E-state index is 11.0. The summed E-state index contributed by atoms with van der Waals surface area (Å²) in [6.07, 6.45) is 2.01. The normalized spacial score (nSPS) is 10.2. The number of aldehydes is 1. The van der Waals surface area contributed by atoms with Crippen molar-refractivity contribution in [1.29, 1.82) is 0 Å². The van der Waals surface area contributed by atoms with Gasteiger partial charge in [0.15, 0.2) is 6.29 Å². The molecule has 6 nitrogen and oxygen atoms in total. The van der Waals surface area contributed by atoms with Crippen LogP contribution in [0.5, 0.6) is 5.75 Å². The van der Waals surface area contributed by atoms with E-state index in [1.807, 2.05) is 0 Å². The molecule has 2 rings (SSSR count). The van der Waals surface area contributed by atoms with Crippen LogP contribution < -0.4 is 9.84 Å². The number of nitrogens with zero attached hydrogens (tertiary/aromatic N) is 2. The summed E-state index contributed by atoms with van der Waals surface area (Å²) >= 11 is 0. The Bertz CT molecular complexity index is 602. The Balaban J connectivity index is 2.39. The van der Waals surface area contributed by atoms with E-state index in [1.165, 1.54) is 10.9 Å². The molecule has 19 heavy (non-hydrogen) atoms. The predicted octanol–water partition coefficient (Wildman–Crippen LogP) is 0.121. The average molecular weight is 259 g/mol. The molecule has 0 bridgehead atoms. The highest BCUT2D eigenvalue weighted by molar-refractivity contribution is 5.85. The van der Waals surface area contributed by atoms with Gasteiger partial charge in [0, 0.05) is 11.8 Å². The van der Waals surface area contributed by atoms with Crippen LogP contribution >= 0.6 is 0 Å². The molecule has 0 spiro atoms. The van der Waals surface area contributed by atoms with Gasteiger partial charge in [-0.1, -0.05) is 0 Å². The molecule has 0 unspecified atom stereocenters. The molecule has 0 atom stereocenters. The first-order chi connectivity index (χ1) is 9.13. The lowest BCUT2D eigenvalue weighted by atomic mass is 10.1. The van der Waals surface area contributed by atoms with Gasteiger partial charge in [0.05, 0.1) is 25.2 Å². The van der Waals surface area contributed by atoms with Gasteiger partial charge in [-0.2, -0.15) is 5.10 Å². The molecule has 98 valence electrons. The lowest BCUT2D eigenvalue weighted by Gasteiger charge is -2.02. The van der Waals surface area contributed by atoms with E-state index in [-0.39, 0.29) is 0 Å². The predicted molar refractivity (Wildman–Crippen MR) is 64.6 cm³/mol. The summed E-state index contributed by atoms with van der Waals surface area (Å²) < 4.78 is 6.20. The number of methoxy groups -OCH3 is 1. The number of carboxylic acids is 1. The Kier molecular flexibility index (Phi) is 3.61. The third-order valence-corrected chi connectivity index (χ3v) is 2.57. The highest BCUT2D eigenvalue weighted by atomic mass is 16.5. The van der Waals surface area contributed by atoms with Gasteiger partial charge in [-0.15, -0.1) is 0 Å². The average Bonchev–Trinajstić information content (AvgIpc) is 2.81. The number of aromatic nitrogens is 2. The van der Waals surface area contributed by atoms with Crippen molar-refractivity contribution in [3.63, 3.8) is 0 Å². The molecule has 1 aromatic carbocycles. The van der Waals surface area contributed by atoms with Crippen LogP contribution in [0.15, 0.2) is 30.5 Å².